The van der Waals surface area contributed by atoms with Gasteiger partial charge in [-0.1, -0.05) is 20.4 Å². The maximum Gasteiger partial charge on any atom is 0.334 e. The molecule has 1 heterocycles. The summed E-state index contributed by atoms with van der Waals surface area (Å²) in [5.74, 6) is 1.18. The highest BCUT2D eigenvalue weighted by Gasteiger charge is 2.56. The molecular formula is C15H20O3. The van der Waals surface area contributed by atoms with E-state index in [1.54, 1.807) is 0 Å². The van der Waals surface area contributed by atoms with Gasteiger partial charge in [-0.2, -0.15) is 0 Å². The average molecular weight is 248 g/mol. The van der Waals surface area contributed by atoms with Crippen molar-refractivity contribution in [2.45, 2.75) is 45.6 Å². The molecule has 0 N–H and O–H groups in total. The Bertz CT molecular complexity index is 439. The summed E-state index contributed by atoms with van der Waals surface area (Å²) < 4.78 is 5.38. The summed E-state index contributed by atoms with van der Waals surface area (Å²) in [4.78, 5) is 23.9. The normalized spacial score (nSPS) is 47.6. The molecule has 3 aliphatic rings. The van der Waals surface area contributed by atoms with Gasteiger partial charge in [-0.15, -0.1) is 0 Å². The molecule has 98 valence electrons. The second-order valence-corrected chi connectivity index (χ2v) is 6.48. The third-order valence-corrected chi connectivity index (χ3v) is 5.52. The molecule has 3 rings (SSSR count). The highest BCUT2D eigenvalue weighted by Crippen LogP contribution is 2.55. The molecule has 0 aromatic rings. The Hall–Kier alpha value is -1.12. The molecule has 2 aliphatic carbocycles. The van der Waals surface area contributed by atoms with Gasteiger partial charge in [0.2, 0.25) is 0 Å². The van der Waals surface area contributed by atoms with Gasteiger partial charge in [0.25, 0.3) is 0 Å². The Kier molecular flexibility index (Phi) is 2.45. The molecule has 18 heavy (non-hydrogen) atoms. The number of rotatable bonds is 0. The monoisotopic (exact) mass is 248 g/mol. The SMILES string of the molecule is C=C1C(=O)OC2CC3(C)C(=O)CCC(C)C3CC12. The molecule has 1 saturated heterocycles. The minimum absolute atomic E-state index is 0.111. The van der Waals surface area contributed by atoms with Gasteiger partial charge in [-0.05, 0) is 31.1 Å². The number of hydrogen-bond donors (Lipinski definition) is 0. The van der Waals surface area contributed by atoms with Crippen LogP contribution in [0.3, 0.4) is 0 Å². The van der Waals surface area contributed by atoms with Gasteiger partial charge in [0, 0.05) is 23.3 Å². The van der Waals surface area contributed by atoms with Gasteiger partial charge in [-0.25, -0.2) is 4.79 Å². The number of ether oxygens (including phenoxy) is 1. The summed E-state index contributed by atoms with van der Waals surface area (Å²) in [5, 5.41) is 0. The summed E-state index contributed by atoms with van der Waals surface area (Å²) in [6, 6.07) is 0. The summed E-state index contributed by atoms with van der Waals surface area (Å²) >= 11 is 0. The molecule has 0 spiro atoms. The second-order valence-electron chi connectivity index (χ2n) is 6.48. The second kappa shape index (κ2) is 3.69. The predicted molar refractivity (Wildman–Crippen MR) is 66.7 cm³/mol. The van der Waals surface area contributed by atoms with E-state index >= 15 is 0 Å². The Balaban J connectivity index is 1.94. The van der Waals surface area contributed by atoms with Crippen molar-refractivity contribution in [3.8, 4) is 0 Å². The fourth-order valence-corrected chi connectivity index (χ4v) is 4.28. The zero-order valence-corrected chi connectivity index (χ0v) is 11.1. The smallest absolute Gasteiger partial charge is 0.334 e. The van der Waals surface area contributed by atoms with Gasteiger partial charge >= 0.3 is 5.97 Å². The van der Waals surface area contributed by atoms with Gasteiger partial charge < -0.3 is 4.74 Å². The molecule has 0 amide bonds. The largest absolute Gasteiger partial charge is 0.458 e. The van der Waals surface area contributed by atoms with Crippen molar-refractivity contribution in [1.82, 2.24) is 0 Å². The van der Waals surface area contributed by atoms with Crippen LogP contribution in [0.15, 0.2) is 12.2 Å². The first-order valence-electron chi connectivity index (χ1n) is 6.86. The molecule has 5 unspecified atom stereocenters. The van der Waals surface area contributed by atoms with Crippen LogP contribution in [0.4, 0.5) is 0 Å². The highest BCUT2D eigenvalue weighted by molar-refractivity contribution is 5.91. The third kappa shape index (κ3) is 1.42. The Morgan fingerprint density at radius 1 is 1.39 bits per heavy atom. The van der Waals surface area contributed by atoms with Crippen LogP contribution in [0, 0.1) is 23.2 Å². The zero-order chi connectivity index (χ0) is 13.1. The number of carbonyl (C=O) groups excluding carboxylic acids is 2. The first kappa shape index (κ1) is 11.9. The third-order valence-electron chi connectivity index (χ3n) is 5.52. The number of fused-ring (bicyclic) bond motifs is 2. The van der Waals surface area contributed by atoms with Crippen molar-refractivity contribution in [2.75, 3.05) is 0 Å². The minimum Gasteiger partial charge on any atom is -0.458 e. The number of ketones is 1. The van der Waals surface area contributed by atoms with Crippen LogP contribution in [-0.2, 0) is 14.3 Å². The molecule has 0 radical (unpaired) electrons. The molecular weight excluding hydrogens is 228 g/mol. The van der Waals surface area contributed by atoms with E-state index in [1.165, 1.54) is 0 Å². The minimum atomic E-state index is -0.288. The van der Waals surface area contributed by atoms with Gasteiger partial charge in [0.15, 0.2) is 0 Å². The maximum absolute atomic E-state index is 12.3. The van der Waals surface area contributed by atoms with Crippen molar-refractivity contribution in [3.05, 3.63) is 12.2 Å². The van der Waals surface area contributed by atoms with Crippen LogP contribution in [0.5, 0.6) is 0 Å². The first-order chi connectivity index (χ1) is 8.43. The van der Waals surface area contributed by atoms with Gasteiger partial charge in [0.1, 0.15) is 11.9 Å². The van der Waals surface area contributed by atoms with Crippen LogP contribution in [0.2, 0.25) is 0 Å². The van der Waals surface area contributed by atoms with Crippen molar-refractivity contribution >= 4 is 11.8 Å². The quantitative estimate of drug-likeness (QED) is 0.488. The molecule has 0 aromatic carbocycles. The molecule has 3 nitrogen and oxygen atoms in total. The highest BCUT2D eigenvalue weighted by atomic mass is 16.6. The number of Topliss-reactive ketones (excluding diaryl/α,β-unsaturated/α-hetero) is 1. The fourth-order valence-electron chi connectivity index (χ4n) is 4.28. The Morgan fingerprint density at radius 2 is 2.11 bits per heavy atom. The number of esters is 1. The lowest BCUT2D eigenvalue weighted by Gasteiger charge is -2.49. The summed E-state index contributed by atoms with van der Waals surface area (Å²) in [7, 11) is 0. The van der Waals surface area contributed by atoms with E-state index < -0.39 is 0 Å². The summed E-state index contributed by atoms with van der Waals surface area (Å²) in [5.41, 5.74) is 0.330. The van der Waals surface area contributed by atoms with Crippen molar-refractivity contribution in [3.63, 3.8) is 0 Å². The molecule has 0 aromatic heterocycles. The van der Waals surface area contributed by atoms with E-state index in [4.69, 9.17) is 4.74 Å². The molecule has 3 fully saturated rings. The van der Waals surface area contributed by atoms with Crippen molar-refractivity contribution in [1.29, 1.82) is 0 Å². The van der Waals surface area contributed by atoms with Crippen LogP contribution in [-0.4, -0.2) is 17.9 Å². The molecule has 2 saturated carbocycles. The molecule has 5 atom stereocenters. The molecule has 0 bridgehead atoms. The molecule has 1 aliphatic heterocycles. The fraction of sp³-hybridized carbons (Fsp3) is 0.733. The predicted octanol–water partition coefficient (Wildman–Crippen LogP) is 2.50. The van der Waals surface area contributed by atoms with Gasteiger partial charge in [0.05, 0.1) is 0 Å². The zero-order valence-electron chi connectivity index (χ0n) is 11.1. The van der Waals surface area contributed by atoms with Crippen LogP contribution >= 0.6 is 0 Å². The maximum atomic E-state index is 12.3. The topological polar surface area (TPSA) is 43.4 Å². The van der Waals surface area contributed by atoms with Crippen LogP contribution in [0.25, 0.3) is 0 Å². The van der Waals surface area contributed by atoms with Crippen LogP contribution < -0.4 is 0 Å². The van der Waals surface area contributed by atoms with E-state index in [9.17, 15) is 9.59 Å². The Morgan fingerprint density at radius 3 is 2.83 bits per heavy atom. The standard InChI is InChI=1S/C15H20O3/c1-8-4-5-13(16)15(3)7-12-10(6-11(8)15)9(2)14(17)18-12/h8,10-12H,2,4-7H2,1,3H3. The van der Waals surface area contributed by atoms with Gasteiger partial charge in [-0.3, -0.25) is 4.79 Å². The molecule has 3 heteroatoms. The number of carbonyl (C=O) groups is 2. The average Bonchev–Trinajstić information content (AvgIpc) is 2.58. The van der Waals surface area contributed by atoms with E-state index in [2.05, 4.69) is 20.4 Å². The van der Waals surface area contributed by atoms with E-state index in [-0.39, 0.29) is 23.4 Å². The summed E-state index contributed by atoms with van der Waals surface area (Å²) in [6.07, 6.45) is 3.13. The van der Waals surface area contributed by atoms with Crippen molar-refractivity contribution in [2.24, 2.45) is 23.2 Å². The van der Waals surface area contributed by atoms with Crippen LogP contribution in [0.1, 0.15) is 39.5 Å². The van der Waals surface area contributed by atoms with E-state index in [0.29, 0.717) is 36.0 Å². The number of hydrogen-bond acceptors (Lipinski definition) is 3. The van der Waals surface area contributed by atoms with E-state index in [0.717, 1.165) is 12.8 Å². The lowest BCUT2D eigenvalue weighted by atomic mass is 9.53. The first-order valence-corrected chi connectivity index (χ1v) is 6.86. The van der Waals surface area contributed by atoms with Crippen molar-refractivity contribution < 1.29 is 14.3 Å². The van der Waals surface area contributed by atoms with E-state index in [1.807, 2.05) is 0 Å². The lowest BCUT2D eigenvalue weighted by Crippen LogP contribution is -2.50. The Labute approximate surface area is 108 Å². The summed E-state index contributed by atoms with van der Waals surface area (Å²) in [6.45, 7) is 8.17. The lowest BCUT2D eigenvalue weighted by molar-refractivity contribution is -0.152.